The number of nitrogens with one attached hydrogen (secondary N) is 1. The van der Waals surface area contributed by atoms with Crippen molar-refractivity contribution < 1.29 is 13.2 Å². The Balaban J connectivity index is 1.33. The van der Waals surface area contributed by atoms with Crippen LogP contribution in [0.2, 0.25) is 0 Å². The predicted octanol–water partition coefficient (Wildman–Crippen LogP) is 18.5. The molecule has 0 saturated carbocycles. The maximum Gasteiger partial charge on any atom is 0.416 e. The summed E-state index contributed by atoms with van der Waals surface area (Å²) in [6.45, 7) is 38.6. The van der Waals surface area contributed by atoms with Gasteiger partial charge in [-0.1, -0.05) is 135 Å². The summed E-state index contributed by atoms with van der Waals surface area (Å²) in [6, 6.07) is 15.6. The van der Waals surface area contributed by atoms with E-state index in [1.807, 2.05) is 0 Å². The number of allylic oxidation sites excluding steroid dienone is 2. The molecule has 2 nitrogen and oxygen atoms in total. The van der Waals surface area contributed by atoms with E-state index in [9.17, 15) is 13.2 Å². The van der Waals surface area contributed by atoms with E-state index in [0.29, 0.717) is 5.56 Å². The van der Waals surface area contributed by atoms with Crippen molar-refractivity contribution >= 4 is 11.3 Å². The van der Waals surface area contributed by atoms with Crippen molar-refractivity contribution in [2.75, 3.05) is 0 Å². The van der Waals surface area contributed by atoms with Crippen LogP contribution < -0.4 is 0 Å². The minimum atomic E-state index is -4.44. The second-order valence-corrected chi connectivity index (χ2v) is 25.3. The van der Waals surface area contributed by atoms with Gasteiger partial charge in [-0.25, -0.2) is 4.99 Å². The van der Waals surface area contributed by atoms with Crippen LogP contribution >= 0.6 is 0 Å². The highest BCUT2D eigenvalue weighted by atomic mass is 19.4. The van der Waals surface area contributed by atoms with E-state index in [1.165, 1.54) is 67.8 Å². The third-order valence-electron chi connectivity index (χ3n) is 20.1. The Labute approximate surface area is 414 Å². The first-order chi connectivity index (χ1) is 32.3. The Morgan fingerprint density at radius 1 is 0.493 bits per heavy atom. The van der Waals surface area contributed by atoms with Crippen LogP contribution in [0.3, 0.4) is 0 Å². The van der Waals surface area contributed by atoms with Crippen LogP contribution in [0.5, 0.6) is 0 Å². The Morgan fingerprint density at radius 3 is 1.20 bits per heavy atom. The second kappa shape index (κ2) is 16.2. The summed E-state index contributed by atoms with van der Waals surface area (Å²) >= 11 is 0. The standard InChI is InChI=1S/C64H83F3N2/c1-17-60(18-2)35-56(9,10)52-41(60)33-42-53(57(11,12)36-61(42,19-3)20-4)50(52)47-31-29-45(68-47)49(39-25-27-40(28-26-39)64(65,66)67)46-30-32-48(69-46)51-54-43(62(21-5,22-6)37-58(54,13)14)34-44-55(51)59(15,16)38-63(44,23-7)24-8/h25-34,68H,17-24,35-38H2,1-16H3/b49-46-. The lowest BCUT2D eigenvalue weighted by Crippen LogP contribution is -2.26. The Morgan fingerprint density at radius 2 is 0.855 bits per heavy atom. The van der Waals surface area contributed by atoms with E-state index < -0.39 is 11.7 Å². The van der Waals surface area contributed by atoms with E-state index in [-0.39, 0.29) is 43.3 Å². The summed E-state index contributed by atoms with van der Waals surface area (Å²) in [7, 11) is 0. The molecule has 9 rings (SSSR count). The van der Waals surface area contributed by atoms with Crippen molar-refractivity contribution in [3.63, 3.8) is 0 Å². The predicted molar refractivity (Wildman–Crippen MR) is 285 cm³/mol. The van der Waals surface area contributed by atoms with Crippen LogP contribution in [0.15, 0.2) is 71.4 Å². The number of alkyl halides is 3. The third kappa shape index (κ3) is 7.08. The van der Waals surface area contributed by atoms with Gasteiger partial charge in [-0.05, 0) is 207 Å². The molecule has 0 unspecified atom stereocenters. The van der Waals surface area contributed by atoms with Crippen LogP contribution in [0.4, 0.5) is 13.2 Å². The van der Waals surface area contributed by atoms with Gasteiger partial charge in [-0.15, -0.1) is 0 Å². The van der Waals surface area contributed by atoms with Gasteiger partial charge in [0.2, 0.25) is 0 Å². The first kappa shape index (κ1) is 49.8. The van der Waals surface area contributed by atoms with Crippen LogP contribution in [0.1, 0.15) is 255 Å². The molecule has 5 heteroatoms. The highest BCUT2D eigenvalue weighted by Crippen LogP contribution is 2.65. The van der Waals surface area contributed by atoms with Crippen LogP contribution in [-0.2, 0) is 49.5 Å². The van der Waals surface area contributed by atoms with Crippen molar-refractivity contribution in [1.29, 1.82) is 0 Å². The van der Waals surface area contributed by atoms with Gasteiger partial charge in [0.15, 0.2) is 0 Å². The zero-order valence-corrected chi connectivity index (χ0v) is 45.3. The molecule has 0 saturated heterocycles. The summed E-state index contributed by atoms with van der Waals surface area (Å²) in [6.07, 6.45) is 13.1. The van der Waals surface area contributed by atoms with E-state index in [1.54, 1.807) is 12.1 Å². The van der Waals surface area contributed by atoms with Crippen molar-refractivity contribution in [3.8, 4) is 11.3 Å². The number of benzene rings is 3. The lowest BCUT2D eigenvalue weighted by Gasteiger charge is -2.32. The van der Waals surface area contributed by atoms with Gasteiger partial charge < -0.3 is 4.98 Å². The quantitative estimate of drug-likeness (QED) is 0.147. The molecule has 5 aliphatic rings. The number of fused-ring (bicyclic) bond motifs is 4. The fourth-order valence-electron chi connectivity index (χ4n) is 16.6. The second-order valence-electron chi connectivity index (χ2n) is 25.3. The van der Waals surface area contributed by atoms with E-state index in [4.69, 9.17) is 4.99 Å². The van der Waals surface area contributed by atoms with Gasteiger partial charge in [-0.2, -0.15) is 13.2 Å². The van der Waals surface area contributed by atoms with Gasteiger partial charge >= 0.3 is 6.18 Å². The molecule has 0 amide bonds. The summed E-state index contributed by atoms with van der Waals surface area (Å²) in [5, 5.41) is 0. The highest BCUT2D eigenvalue weighted by molar-refractivity contribution is 6.15. The molecular weight excluding hydrogens is 854 g/mol. The largest absolute Gasteiger partial charge is 0.416 e. The molecule has 1 N–H and O–H groups in total. The number of aromatic nitrogens is 1. The number of hydrogen-bond donors (Lipinski definition) is 1. The Kier molecular flexibility index (Phi) is 11.7. The SMILES string of the molecule is CCC1(CC)CC(C)(C)c2c1cc1c(c2C2=N/C(=C(/c3ccc(C(F)(F)F)cc3)c3ccc(-c4c5c(cc6c4C(C)(C)CC6(CC)CC)C(CC)(CC)CC5(C)C)[nH]3)C=C2)C(C)(C)CC1(CC)CC. The summed E-state index contributed by atoms with van der Waals surface area (Å²) in [5.74, 6) is 0. The average Bonchev–Trinajstić information content (AvgIpc) is 4.15. The van der Waals surface area contributed by atoms with Gasteiger partial charge in [0.25, 0.3) is 0 Å². The zero-order chi connectivity index (χ0) is 50.3. The molecule has 0 spiro atoms. The monoisotopic (exact) mass is 937 g/mol. The fraction of sp³-hybridized carbons (Fsp3) is 0.578. The lowest BCUT2D eigenvalue weighted by atomic mass is 9.72. The van der Waals surface area contributed by atoms with E-state index >= 15 is 0 Å². The average molecular weight is 937 g/mol. The molecule has 0 fully saturated rings. The maximum atomic E-state index is 14.2. The molecule has 1 aromatic heterocycles. The number of H-pyrrole nitrogens is 1. The minimum absolute atomic E-state index is 0.0586. The molecule has 69 heavy (non-hydrogen) atoms. The molecule has 3 aromatic carbocycles. The van der Waals surface area contributed by atoms with Crippen molar-refractivity contribution in [3.05, 3.63) is 133 Å². The Hall–Kier alpha value is -4.12. The van der Waals surface area contributed by atoms with Crippen LogP contribution in [-0.4, -0.2) is 10.7 Å². The Bertz CT molecular complexity index is 2680. The lowest BCUT2D eigenvalue weighted by molar-refractivity contribution is -0.137. The summed E-state index contributed by atoms with van der Waals surface area (Å²) in [4.78, 5) is 9.78. The molecule has 4 aliphatic carbocycles. The molecule has 0 radical (unpaired) electrons. The van der Waals surface area contributed by atoms with Crippen LogP contribution in [0, 0.1) is 0 Å². The van der Waals surface area contributed by atoms with E-state index in [2.05, 4.69) is 152 Å². The van der Waals surface area contributed by atoms with Gasteiger partial charge in [0, 0.05) is 28.1 Å². The molecule has 4 aromatic rings. The van der Waals surface area contributed by atoms with Crippen molar-refractivity contribution in [1.82, 2.24) is 4.98 Å². The number of nitrogens with zero attached hydrogens (tertiary/aromatic N) is 1. The smallest absolute Gasteiger partial charge is 0.354 e. The number of aromatic amines is 1. The molecular formula is C64H83F3N2. The van der Waals surface area contributed by atoms with Gasteiger partial charge in [-0.3, -0.25) is 0 Å². The third-order valence-corrected chi connectivity index (χ3v) is 20.1. The molecule has 1 aliphatic heterocycles. The molecule has 0 bridgehead atoms. The zero-order valence-electron chi connectivity index (χ0n) is 45.3. The first-order valence-electron chi connectivity index (χ1n) is 27.1. The minimum Gasteiger partial charge on any atom is -0.354 e. The number of hydrogen-bond acceptors (Lipinski definition) is 1. The normalized spacial score (nSPS) is 22.9. The van der Waals surface area contributed by atoms with Crippen molar-refractivity contribution in [2.45, 2.75) is 237 Å². The topological polar surface area (TPSA) is 28.1 Å². The molecule has 2 heterocycles. The molecule has 0 atom stereocenters. The maximum absolute atomic E-state index is 14.2. The van der Waals surface area contributed by atoms with E-state index in [0.717, 1.165) is 105 Å². The summed E-state index contributed by atoms with van der Waals surface area (Å²) in [5.41, 5.74) is 19.3. The number of rotatable bonds is 12. The van der Waals surface area contributed by atoms with Crippen molar-refractivity contribution in [2.24, 2.45) is 4.99 Å². The van der Waals surface area contributed by atoms with Crippen LogP contribution in [0.25, 0.3) is 16.8 Å². The first-order valence-corrected chi connectivity index (χ1v) is 27.1. The van der Waals surface area contributed by atoms with Gasteiger partial charge in [0.1, 0.15) is 0 Å². The fourth-order valence-corrected chi connectivity index (χ4v) is 16.6. The number of aliphatic imine (C=N–C) groups is 1. The summed E-state index contributed by atoms with van der Waals surface area (Å²) < 4.78 is 42.7. The number of halogens is 3. The highest BCUT2D eigenvalue weighted by Gasteiger charge is 2.56. The van der Waals surface area contributed by atoms with Gasteiger partial charge in [0.05, 0.1) is 17.0 Å². The molecule has 370 valence electrons.